The molecule has 1 fully saturated rings. The highest BCUT2D eigenvalue weighted by Gasteiger charge is 2.56. The maximum Gasteiger partial charge on any atom is 0.240 e. The molecule has 0 bridgehead atoms. The van der Waals surface area contributed by atoms with E-state index in [1.807, 2.05) is 0 Å². The molecule has 5 nitrogen and oxygen atoms in total. The van der Waals surface area contributed by atoms with Crippen LogP contribution in [0.5, 0.6) is 0 Å². The SMILES string of the molecule is CC(=O)c1cccc(NC(=O)C2(C(=O)Nc3cc(Cl)cc(Cl)c3)CC2)c1. The summed E-state index contributed by atoms with van der Waals surface area (Å²) >= 11 is 11.9. The van der Waals surface area contributed by atoms with Crippen molar-refractivity contribution in [3.8, 4) is 0 Å². The van der Waals surface area contributed by atoms with Gasteiger partial charge >= 0.3 is 0 Å². The zero-order valence-electron chi connectivity index (χ0n) is 13.9. The van der Waals surface area contributed by atoms with Crippen molar-refractivity contribution in [2.75, 3.05) is 10.6 Å². The predicted molar refractivity (Wildman–Crippen MR) is 102 cm³/mol. The molecule has 1 saturated carbocycles. The Hall–Kier alpha value is -2.37. The maximum absolute atomic E-state index is 12.6. The van der Waals surface area contributed by atoms with E-state index in [0.717, 1.165) is 0 Å². The standard InChI is InChI=1S/C19H16Cl2N2O3/c1-11(24)12-3-2-4-15(7-12)22-17(25)19(5-6-19)18(26)23-16-9-13(20)8-14(21)10-16/h2-4,7-10H,5-6H2,1H3,(H,22,25)(H,23,26). The first kappa shape index (κ1) is 18.4. The van der Waals surface area contributed by atoms with Crippen LogP contribution in [0.3, 0.4) is 0 Å². The number of anilines is 2. The van der Waals surface area contributed by atoms with Crippen LogP contribution in [0.1, 0.15) is 30.1 Å². The van der Waals surface area contributed by atoms with Crippen molar-refractivity contribution >= 4 is 52.2 Å². The first-order valence-electron chi connectivity index (χ1n) is 8.00. The van der Waals surface area contributed by atoms with Gasteiger partial charge in [0.2, 0.25) is 11.8 Å². The fourth-order valence-electron chi connectivity index (χ4n) is 2.63. The van der Waals surface area contributed by atoms with E-state index in [4.69, 9.17) is 23.2 Å². The Labute approximate surface area is 160 Å². The van der Waals surface area contributed by atoms with Crippen molar-refractivity contribution in [3.63, 3.8) is 0 Å². The predicted octanol–water partition coefficient (Wildman–Crippen LogP) is 4.55. The van der Waals surface area contributed by atoms with Crippen LogP contribution in [-0.4, -0.2) is 17.6 Å². The molecule has 0 aliphatic heterocycles. The van der Waals surface area contributed by atoms with Gasteiger partial charge in [-0.05, 0) is 50.1 Å². The highest BCUT2D eigenvalue weighted by molar-refractivity contribution is 6.35. The van der Waals surface area contributed by atoms with E-state index < -0.39 is 17.2 Å². The molecule has 0 unspecified atom stereocenters. The van der Waals surface area contributed by atoms with Crippen molar-refractivity contribution in [2.24, 2.45) is 5.41 Å². The molecule has 0 aromatic heterocycles. The summed E-state index contributed by atoms with van der Waals surface area (Å²) in [4.78, 5) is 36.7. The third-order valence-electron chi connectivity index (χ3n) is 4.27. The second kappa shape index (κ2) is 7.09. The lowest BCUT2D eigenvalue weighted by molar-refractivity contribution is -0.131. The summed E-state index contributed by atoms with van der Waals surface area (Å²) in [6.07, 6.45) is 0.900. The average Bonchev–Trinajstić information content (AvgIpc) is 3.36. The topological polar surface area (TPSA) is 75.3 Å². The number of amides is 2. The second-order valence-electron chi connectivity index (χ2n) is 6.29. The number of carbonyl (C=O) groups is 3. The highest BCUT2D eigenvalue weighted by Crippen LogP contribution is 2.47. The lowest BCUT2D eigenvalue weighted by atomic mass is 10.0. The van der Waals surface area contributed by atoms with E-state index in [0.29, 0.717) is 39.8 Å². The summed E-state index contributed by atoms with van der Waals surface area (Å²) in [6, 6.07) is 11.3. The Kier molecular flexibility index (Phi) is 5.03. The smallest absolute Gasteiger partial charge is 0.240 e. The van der Waals surface area contributed by atoms with Gasteiger partial charge in [-0.2, -0.15) is 0 Å². The summed E-state index contributed by atoms with van der Waals surface area (Å²) in [6.45, 7) is 1.45. The van der Waals surface area contributed by atoms with Gasteiger partial charge < -0.3 is 10.6 Å². The molecule has 0 spiro atoms. The molecule has 7 heteroatoms. The van der Waals surface area contributed by atoms with Crippen molar-refractivity contribution < 1.29 is 14.4 Å². The Bertz CT molecular complexity index is 887. The van der Waals surface area contributed by atoms with Crippen LogP contribution in [0, 0.1) is 5.41 Å². The normalized spacial score (nSPS) is 14.4. The van der Waals surface area contributed by atoms with E-state index >= 15 is 0 Å². The quantitative estimate of drug-likeness (QED) is 0.580. The minimum Gasteiger partial charge on any atom is -0.325 e. The van der Waals surface area contributed by atoms with Crippen LogP contribution in [0.15, 0.2) is 42.5 Å². The zero-order valence-corrected chi connectivity index (χ0v) is 15.4. The molecule has 2 N–H and O–H groups in total. The number of nitrogens with one attached hydrogen (secondary N) is 2. The van der Waals surface area contributed by atoms with Crippen LogP contribution in [0.2, 0.25) is 10.0 Å². The van der Waals surface area contributed by atoms with E-state index in [1.54, 1.807) is 42.5 Å². The third kappa shape index (κ3) is 3.89. The van der Waals surface area contributed by atoms with Crippen LogP contribution in [0.25, 0.3) is 0 Å². The monoisotopic (exact) mass is 390 g/mol. The van der Waals surface area contributed by atoms with Crippen molar-refractivity contribution in [1.82, 2.24) is 0 Å². The summed E-state index contributed by atoms with van der Waals surface area (Å²) in [5, 5.41) is 6.21. The molecule has 2 amide bonds. The lowest BCUT2D eigenvalue weighted by Gasteiger charge is -2.16. The highest BCUT2D eigenvalue weighted by atomic mass is 35.5. The fourth-order valence-corrected chi connectivity index (χ4v) is 3.15. The van der Waals surface area contributed by atoms with Crippen LogP contribution in [0.4, 0.5) is 11.4 Å². The molecule has 3 rings (SSSR count). The minimum absolute atomic E-state index is 0.0992. The van der Waals surface area contributed by atoms with Gasteiger partial charge in [-0.1, -0.05) is 35.3 Å². The number of carbonyl (C=O) groups excluding carboxylic acids is 3. The molecule has 1 aliphatic carbocycles. The van der Waals surface area contributed by atoms with Gasteiger partial charge in [0.1, 0.15) is 5.41 Å². The van der Waals surface area contributed by atoms with E-state index in [1.165, 1.54) is 6.92 Å². The number of benzene rings is 2. The lowest BCUT2D eigenvalue weighted by Crippen LogP contribution is -2.35. The van der Waals surface area contributed by atoms with Crippen LogP contribution in [-0.2, 0) is 9.59 Å². The molecule has 26 heavy (non-hydrogen) atoms. The average molecular weight is 391 g/mol. The van der Waals surface area contributed by atoms with Gasteiger partial charge in [-0.15, -0.1) is 0 Å². The van der Waals surface area contributed by atoms with E-state index in [2.05, 4.69) is 10.6 Å². The molecule has 0 saturated heterocycles. The Morgan fingerprint density at radius 3 is 2.00 bits per heavy atom. The summed E-state index contributed by atoms with van der Waals surface area (Å²) in [5.74, 6) is -0.905. The minimum atomic E-state index is -1.12. The number of ketones is 1. The van der Waals surface area contributed by atoms with Crippen molar-refractivity contribution in [1.29, 1.82) is 0 Å². The molecule has 2 aromatic rings. The Balaban J connectivity index is 1.73. The van der Waals surface area contributed by atoms with E-state index in [9.17, 15) is 14.4 Å². The summed E-state index contributed by atoms with van der Waals surface area (Å²) < 4.78 is 0. The Morgan fingerprint density at radius 1 is 0.885 bits per heavy atom. The molecule has 0 heterocycles. The number of hydrogen-bond acceptors (Lipinski definition) is 3. The molecule has 1 aliphatic rings. The number of halogens is 2. The van der Waals surface area contributed by atoms with Gasteiger partial charge in [0.25, 0.3) is 0 Å². The van der Waals surface area contributed by atoms with E-state index in [-0.39, 0.29) is 5.78 Å². The molecular formula is C19H16Cl2N2O3. The van der Waals surface area contributed by atoms with Crippen LogP contribution < -0.4 is 10.6 Å². The van der Waals surface area contributed by atoms with Crippen molar-refractivity contribution in [3.05, 3.63) is 58.1 Å². The molecule has 2 aromatic carbocycles. The van der Waals surface area contributed by atoms with Gasteiger partial charge in [-0.3, -0.25) is 14.4 Å². The Morgan fingerprint density at radius 2 is 1.46 bits per heavy atom. The summed E-state index contributed by atoms with van der Waals surface area (Å²) in [5.41, 5.74) is 0.282. The van der Waals surface area contributed by atoms with Crippen LogP contribution >= 0.6 is 23.2 Å². The first-order chi connectivity index (χ1) is 12.3. The fraction of sp³-hybridized carbons (Fsp3) is 0.211. The second-order valence-corrected chi connectivity index (χ2v) is 7.16. The third-order valence-corrected chi connectivity index (χ3v) is 4.70. The van der Waals surface area contributed by atoms with Crippen molar-refractivity contribution in [2.45, 2.75) is 19.8 Å². The maximum atomic E-state index is 12.6. The van der Waals surface area contributed by atoms with Gasteiger partial charge in [-0.25, -0.2) is 0 Å². The zero-order chi connectivity index (χ0) is 18.9. The molecule has 0 radical (unpaired) electrons. The number of hydrogen-bond donors (Lipinski definition) is 2. The molecule has 0 atom stereocenters. The summed E-state index contributed by atoms with van der Waals surface area (Å²) in [7, 11) is 0. The van der Waals surface area contributed by atoms with Gasteiger partial charge in [0, 0.05) is 27.0 Å². The van der Waals surface area contributed by atoms with Gasteiger partial charge in [0.15, 0.2) is 5.78 Å². The number of Topliss-reactive ketones (excluding diaryl/α,β-unsaturated/α-hetero) is 1. The number of rotatable bonds is 5. The van der Waals surface area contributed by atoms with Gasteiger partial charge in [0.05, 0.1) is 0 Å². The largest absolute Gasteiger partial charge is 0.325 e. The first-order valence-corrected chi connectivity index (χ1v) is 8.76. The molecule has 134 valence electrons. The molecular weight excluding hydrogens is 375 g/mol.